The molecule has 0 aromatic rings. The number of esters is 1. The molecule has 0 bridgehead atoms. The van der Waals surface area contributed by atoms with E-state index >= 15 is 0 Å². The summed E-state index contributed by atoms with van der Waals surface area (Å²) < 4.78 is 30.3. The molecule has 0 aromatic carbocycles. The second-order valence-corrected chi connectivity index (χ2v) is 6.96. The van der Waals surface area contributed by atoms with Crippen molar-refractivity contribution in [2.75, 3.05) is 26.0 Å². The molecule has 1 unspecified atom stereocenters. The summed E-state index contributed by atoms with van der Waals surface area (Å²) >= 11 is 0. The molecule has 1 saturated carbocycles. The highest BCUT2D eigenvalue weighted by atomic mass is 32.2. The maximum absolute atomic E-state index is 12.1. The highest BCUT2D eigenvalue weighted by Gasteiger charge is 2.36. The van der Waals surface area contributed by atoms with Crippen LogP contribution in [-0.4, -0.2) is 44.6 Å². The highest BCUT2D eigenvalue weighted by molar-refractivity contribution is 7.89. The molecule has 98 valence electrons. The van der Waals surface area contributed by atoms with Gasteiger partial charge in [-0.05, 0) is 31.6 Å². The van der Waals surface area contributed by atoms with Crippen molar-refractivity contribution < 1.29 is 17.9 Å². The van der Waals surface area contributed by atoms with Gasteiger partial charge in [-0.15, -0.1) is 0 Å². The van der Waals surface area contributed by atoms with E-state index in [-0.39, 0.29) is 17.6 Å². The van der Waals surface area contributed by atoms with Crippen LogP contribution in [0.3, 0.4) is 0 Å². The van der Waals surface area contributed by atoms with Gasteiger partial charge < -0.3 is 4.74 Å². The lowest BCUT2D eigenvalue weighted by Gasteiger charge is -2.30. The van der Waals surface area contributed by atoms with Crippen molar-refractivity contribution in [3.8, 4) is 0 Å². The van der Waals surface area contributed by atoms with E-state index in [2.05, 4.69) is 4.74 Å². The molecule has 0 spiro atoms. The second-order valence-electron chi connectivity index (χ2n) is 4.94. The summed E-state index contributed by atoms with van der Waals surface area (Å²) in [4.78, 5) is 11.4. The Balaban J connectivity index is 1.98. The SMILES string of the molecule is COC(=O)C1CCCN(S(=O)(=O)CC2CC2)C1. The van der Waals surface area contributed by atoms with Crippen molar-refractivity contribution >= 4 is 16.0 Å². The number of ether oxygens (including phenoxy) is 1. The van der Waals surface area contributed by atoms with E-state index in [1.54, 1.807) is 0 Å². The summed E-state index contributed by atoms with van der Waals surface area (Å²) in [6.45, 7) is 0.838. The fraction of sp³-hybridized carbons (Fsp3) is 0.909. The minimum Gasteiger partial charge on any atom is -0.469 e. The number of methoxy groups -OCH3 is 1. The minimum atomic E-state index is -3.17. The average molecular weight is 261 g/mol. The van der Waals surface area contributed by atoms with Gasteiger partial charge in [0.25, 0.3) is 0 Å². The minimum absolute atomic E-state index is 0.251. The largest absolute Gasteiger partial charge is 0.469 e. The van der Waals surface area contributed by atoms with Gasteiger partial charge in [-0.1, -0.05) is 0 Å². The Morgan fingerprint density at radius 1 is 1.35 bits per heavy atom. The summed E-state index contributed by atoms with van der Waals surface area (Å²) in [5.74, 6) is 0.0125. The maximum atomic E-state index is 12.1. The fourth-order valence-electron chi connectivity index (χ4n) is 2.24. The molecule has 0 radical (unpaired) electrons. The number of sulfonamides is 1. The number of hydrogen-bond donors (Lipinski definition) is 0. The smallest absolute Gasteiger partial charge is 0.309 e. The molecule has 17 heavy (non-hydrogen) atoms. The third-order valence-electron chi connectivity index (χ3n) is 3.46. The van der Waals surface area contributed by atoms with E-state index in [0.717, 1.165) is 25.7 Å². The van der Waals surface area contributed by atoms with Crippen LogP contribution in [0.2, 0.25) is 0 Å². The lowest BCUT2D eigenvalue weighted by Crippen LogP contribution is -2.43. The van der Waals surface area contributed by atoms with Gasteiger partial charge in [-0.3, -0.25) is 4.79 Å². The number of nitrogens with zero attached hydrogens (tertiary/aromatic N) is 1. The van der Waals surface area contributed by atoms with Gasteiger partial charge in [0.15, 0.2) is 0 Å². The molecule has 1 aliphatic heterocycles. The molecule has 0 aromatic heterocycles. The van der Waals surface area contributed by atoms with Gasteiger partial charge in [0, 0.05) is 13.1 Å². The van der Waals surface area contributed by atoms with E-state index in [1.165, 1.54) is 11.4 Å². The van der Waals surface area contributed by atoms with Gasteiger partial charge in [0.1, 0.15) is 0 Å². The average Bonchev–Trinajstić information content (AvgIpc) is 3.11. The topological polar surface area (TPSA) is 63.7 Å². The Morgan fingerprint density at radius 3 is 2.65 bits per heavy atom. The van der Waals surface area contributed by atoms with E-state index < -0.39 is 10.0 Å². The van der Waals surface area contributed by atoms with Crippen LogP contribution in [-0.2, 0) is 19.6 Å². The van der Waals surface area contributed by atoms with Gasteiger partial charge in [-0.2, -0.15) is 0 Å². The van der Waals surface area contributed by atoms with E-state index in [4.69, 9.17) is 0 Å². The second kappa shape index (κ2) is 4.94. The first-order chi connectivity index (χ1) is 8.03. The lowest BCUT2D eigenvalue weighted by molar-refractivity contribution is -0.146. The Labute approximate surface area is 102 Å². The van der Waals surface area contributed by atoms with Crippen molar-refractivity contribution in [1.82, 2.24) is 4.31 Å². The Kier molecular flexibility index (Phi) is 3.73. The van der Waals surface area contributed by atoms with E-state index in [0.29, 0.717) is 19.0 Å². The highest BCUT2D eigenvalue weighted by Crippen LogP contribution is 2.32. The first-order valence-electron chi connectivity index (χ1n) is 6.08. The zero-order chi connectivity index (χ0) is 12.5. The van der Waals surface area contributed by atoms with E-state index in [9.17, 15) is 13.2 Å². The van der Waals surface area contributed by atoms with Crippen LogP contribution in [0, 0.1) is 11.8 Å². The van der Waals surface area contributed by atoms with Gasteiger partial charge in [-0.25, -0.2) is 12.7 Å². The van der Waals surface area contributed by atoms with Crippen LogP contribution >= 0.6 is 0 Å². The van der Waals surface area contributed by atoms with E-state index in [1.807, 2.05) is 0 Å². The van der Waals surface area contributed by atoms with Crippen LogP contribution < -0.4 is 0 Å². The van der Waals surface area contributed by atoms with Crippen molar-refractivity contribution in [1.29, 1.82) is 0 Å². The first-order valence-corrected chi connectivity index (χ1v) is 7.69. The Hall–Kier alpha value is -0.620. The normalized spacial score (nSPS) is 26.8. The van der Waals surface area contributed by atoms with Crippen LogP contribution in [0.5, 0.6) is 0 Å². The summed E-state index contributed by atoms with van der Waals surface area (Å²) in [7, 11) is -1.82. The summed E-state index contributed by atoms with van der Waals surface area (Å²) in [5.41, 5.74) is 0. The molecule has 6 heteroatoms. The number of piperidine rings is 1. The number of hydrogen-bond acceptors (Lipinski definition) is 4. The maximum Gasteiger partial charge on any atom is 0.309 e. The molecule has 0 amide bonds. The third-order valence-corrected chi connectivity index (χ3v) is 5.47. The zero-order valence-electron chi connectivity index (χ0n) is 10.1. The molecule has 1 heterocycles. The number of carbonyl (C=O) groups excluding carboxylic acids is 1. The van der Waals surface area contributed by atoms with Gasteiger partial charge >= 0.3 is 5.97 Å². The Morgan fingerprint density at radius 2 is 2.06 bits per heavy atom. The van der Waals surface area contributed by atoms with Crippen molar-refractivity contribution in [2.24, 2.45) is 11.8 Å². The van der Waals surface area contributed by atoms with Gasteiger partial charge in [0.2, 0.25) is 10.0 Å². The number of rotatable bonds is 4. The summed E-state index contributed by atoms with van der Waals surface area (Å²) in [5, 5.41) is 0. The van der Waals surface area contributed by atoms with Gasteiger partial charge in [0.05, 0.1) is 18.8 Å². The molecule has 5 nitrogen and oxygen atoms in total. The fourth-order valence-corrected chi connectivity index (χ4v) is 4.20. The zero-order valence-corrected chi connectivity index (χ0v) is 10.9. The molecule has 2 rings (SSSR count). The molecule has 2 fully saturated rings. The molecule has 2 aliphatic rings. The summed E-state index contributed by atoms with van der Waals surface area (Å²) in [6, 6.07) is 0. The quantitative estimate of drug-likeness (QED) is 0.696. The standard InChI is InChI=1S/C11H19NO4S/c1-16-11(13)10-3-2-6-12(7-10)17(14,15)8-9-4-5-9/h9-10H,2-8H2,1H3. The molecule has 1 saturated heterocycles. The molecule has 1 atom stereocenters. The monoisotopic (exact) mass is 261 g/mol. The third kappa shape index (κ3) is 3.19. The predicted octanol–water partition coefficient (Wildman–Crippen LogP) is 0.611. The molecular formula is C11H19NO4S. The van der Waals surface area contributed by atoms with Crippen molar-refractivity contribution in [2.45, 2.75) is 25.7 Å². The van der Waals surface area contributed by atoms with Crippen molar-refractivity contribution in [3.63, 3.8) is 0 Å². The van der Waals surface area contributed by atoms with Crippen LogP contribution in [0.1, 0.15) is 25.7 Å². The molecule has 1 aliphatic carbocycles. The first kappa shape index (κ1) is 12.8. The summed E-state index contributed by atoms with van der Waals surface area (Å²) in [6.07, 6.45) is 3.51. The number of carbonyl (C=O) groups is 1. The van der Waals surface area contributed by atoms with Crippen LogP contribution in [0.4, 0.5) is 0 Å². The van der Waals surface area contributed by atoms with Crippen molar-refractivity contribution in [3.05, 3.63) is 0 Å². The van der Waals surface area contributed by atoms with Crippen LogP contribution in [0.15, 0.2) is 0 Å². The Bertz CT molecular complexity index is 388. The predicted molar refractivity (Wildman–Crippen MR) is 62.8 cm³/mol. The molecule has 0 N–H and O–H groups in total. The molecular weight excluding hydrogens is 242 g/mol. The van der Waals surface area contributed by atoms with Crippen LogP contribution in [0.25, 0.3) is 0 Å². The lowest BCUT2D eigenvalue weighted by atomic mass is 10.0.